The molecule has 0 aliphatic carbocycles. The maximum Gasteiger partial charge on any atom is 0.224 e. The molecule has 0 aromatic heterocycles. The van der Waals surface area contributed by atoms with Gasteiger partial charge in [0.1, 0.15) is 55.4 Å². The summed E-state index contributed by atoms with van der Waals surface area (Å²) in [7, 11) is 0. The maximum absolute atomic E-state index is 10.1. The van der Waals surface area contributed by atoms with Crippen molar-refractivity contribution in [2.24, 2.45) is 0 Å². The van der Waals surface area contributed by atoms with Crippen molar-refractivity contribution < 1.29 is 64.9 Å². The van der Waals surface area contributed by atoms with Crippen molar-refractivity contribution in [1.82, 2.24) is 0 Å². The van der Waals surface area contributed by atoms with Crippen LogP contribution in [-0.2, 0) is 18.9 Å². The van der Waals surface area contributed by atoms with Crippen molar-refractivity contribution in [3.8, 4) is 0 Å². The normalized spacial score (nSPS) is 45.3. The first-order valence-electron chi connectivity index (χ1n) is 8.70. The Balaban J connectivity index is 2.08. The van der Waals surface area contributed by atoms with E-state index in [1.54, 1.807) is 0 Å². The number of hydrogen-bond donors (Lipinski definition) is 9. The first-order valence-corrected chi connectivity index (χ1v) is 8.70. The zero-order valence-electron chi connectivity index (χ0n) is 14.9. The summed E-state index contributed by atoms with van der Waals surface area (Å²) in [5.41, 5.74) is 0. The Morgan fingerprint density at radius 2 is 1.57 bits per heavy atom. The molecule has 0 bridgehead atoms. The van der Waals surface area contributed by atoms with Crippen molar-refractivity contribution >= 4 is 0 Å². The van der Waals surface area contributed by atoms with Gasteiger partial charge in [0.25, 0.3) is 0 Å². The van der Waals surface area contributed by atoms with E-state index in [0.717, 1.165) is 0 Å². The maximum atomic E-state index is 10.1. The van der Waals surface area contributed by atoms with Crippen LogP contribution < -0.4 is 0 Å². The molecular weight excluding hydrogens is 388 g/mol. The second-order valence-corrected chi connectivity index (χ2v) is 6.75. The summed E-state index contributed by atoms with van der Waals surface area (Å²) in [6, 6.07) is 0. The van der Waals surface area contributed by atoms with Crippen molar-refractivity contribution in [2.75, 3.05) is 33.0 Å². The Hall–Kier alpha value is -0.520. The molecule has 9 N–H and O–H groups in total. The van der Waals surface area contributed by atoms with Crippen LogP contribution in [0.15, 0.2) is 0 Å². The standard InChI is InChI=1S/C15H28O13/c16-1-6(19)3-25-4-8-9(20)11(22)12(23)14(26-8)28-15(5-18)13(24)10(21)7(2-17)27-15/h6-14,16-24H,1-5H2/t6?,7-,8-,9-,10-,11+,12-,13+,14-,15+/m1/s1. The first-order chi connectivity index (χ1) is 13.2. The lowest BCUT2D eigenvalue weighted by atomic mass is 9.99. The average Bonchev–Trinajstić information content (AvgIpc) is 2.94. The van der Waals surface area contributed by atoms with E-state index in [2.05, 4.69) is 0 Å². The quantitative estimate of drug-likeness (QED) is 0.171. The highest BCUT2D eigenvalue weighted by Gasteiger charge is 2.58. The molecule has 0 radical (unpaired) electrons. The van der Waals surface area contributed by atoms with Gasteiger partial charge >= 0.3 is 0 Å². The van der Waals surface area contributed by atoms with Gasteiger partial charge in [0.2, 0.25) is 5.79 Å². The minimum absolute atomic E-state index is 0.292. The summed E-state index contributed by atoms with van der Waals surface area (Å²) in [6.07, 6.45) is -14.0. The van der Waals surface area contributed by atoms with E-state index >= 15 is 0 Å². The Morgan fingerprint density at radius 3 is 2.11 bits per heavy atom. The Bertz CT molecular complexity index is 481. The first kappa shape index (κ1) is 23.8. The molecule has 0 aromatic carbocycles. The highest BCUT2D eigenvalue weighted by molar-refractivity contribution is 4.98. The SMILES string of the molecule is OCC(O)COC[C@H]1O[C@H](O[C@]2(CO)O[C@H](CO)[C@@H](O)[C@@H]2O)[C@H](O)[C@@H](O)[C@@H]1O. The molecule has 2 fully saturated rings. The predicted molar refractivity (Wildman–Crippen MR) is 85.5 cm³/mol. The van der Waals surface area contributed by atoms with Crippen molar-refractivity contribution in [3.63, 3.8) is 0 Å². The molecule has 0 spiro atoms. The fourth-order valence-electron chi connectivity index (χ4n) is 2.99. The lowest BCUT2D eigenvalue weighted by Gasteiger charge is -2.43. The predicted octanol–water partition coefficient (Wildman–Crippen LogP) is -6.02. The number of aliphatic hydroxyl groups excluding tert-OH is 9. The van der Waals surface area contributed by atoms with Crippen molar-refractivity contribution in [2.45, 2.75) is 60.9 Å². The average molecular weight is 416 g/mol. The molecule has 13 nitrogen and oxygen atoms in total. The summed E-state index contributed by atoms with van der Waals surface area (Å²) in [5.74, 6) is -2.26. The van der Waals surface area contributed by atoms with E-state index < -0.39 is 80.7 Å². The fourth-order valence-corrected chi connectivity index (χ4v) is 2.99. The van der Waals surface area contributed by atoms with E-state index in [0.29, 0.717) is 0 Å². The number of aliphatic hydroxyl groups is 9. The van der Waals surface area contributed by atoms with Crippen LogP contribution in [-0.4, -0.2) is 140 Å². The second-order valence-electron chi connectivity index (χ2n) is 6.75. The molecule has 28 heavy (non-hydrogen) atoms. The van der Waals surface area contributed by atoms with Crippen LogP contribution in [0.4, 0.5) is 0 Å². The van der Waals surface area contributed by atoms with E-state index in [1.807, 2.05) is 0 Å². The van der Waals surface area contributed by atoms with E-state index in [9.17, 15) is 40.9 Å². The molecule has 2 rings (SSSR count). The number of ether oxygens (including phenoxy) is 4. The molecular formula is C15H28O13. The van der Waals surface area contributed by atoms with Crippen LogP contribution in [0.25, 0.3) is 0 Å². The molecule has 0 amide bonds. The summed E-state index contributed by atoms with van der Waals surface area (Å²) >= 11 is 0. The Morgan fingerprint density at radius 1 is 0.893 bits per heavy atom. The molecule has 0 aromatic rings. The Labute approximate surface area is 159 Å². The second kappa shape index (κ2) is 9.99. The van der Waals surface area contributed by atoms with Crippen molar-refractivity contribution in [1.29, 1.82) is 0 Å². The van der Waals surface area contributed by atoms with Gasteiger partial charge in [-0.2, -0.15) is 0 Å². The number of rotatable bonds is 9. The molecule has 13 heteroatoms. The van der Waals surface area contributed by atoms with Gasteiger partial charge in [-0.25, -0.2) is 0 Å². The van der Waals surface area contributed by atoms with E-state index in [-0.39, 0.29) is 13.2 Å². The van der Waals surface area contributed by atoms with Crippen LogP contribution in [0.5, 0.6) is 0 Å². The van der Waals surface area contributed by atoms with Crippen LogP contribution >= 0.6 is 0 Å². The molecule has 2 aliphatic rings. The van der Waals surface area contributed by atoms with Gasteiger partial charge in [-0.15, -0.1) is 0 Å². The van der Waals surface area contributed by atoms with Crippen molar-refractivity contribution in [3.05, 3.63) is 0 Å². The van der Waals surface area contributed by atoms with Gasteiger partial charge in [0.15, 0.2) is 6.29 Å². The molecule has 2 heterocycles. The van der Waals surface area contributed by atoms with Crippen LogP contribution in [0.2, 0.25) is 0 Å². The van der Waals surface area contributed by atoms with Gasteiger partial charge in [0.05, 0.1) is 26.4 Å². The third-order valence-electron chi connectivity index (χ3n) is 4.69. The summed E-state index contributed by atoms with van der Waals surface area (Å²) < 4.78 is 20.9. The summed E-state index contributed by atoms with van der Waals surface area (Å²) in [5, 5.41) is 87.0. The third-order valence-corrected chi connectivity index (χ3v) is 4.69. The van der Waals surface area contributed by atoms with Crippen LogP contribution in [0.3, 0.4) is 0 Å². The third kappa shape index (κ3) is 4.79. The zero-order chi connectivity index (χ0) is 21.1. The molecule has 1 unspecified atom stereocenters. The molecule has 166 valence electrons. The minimum atomic E-state index is -2.26. The highest BCUT2D eigenvalue weighted by atomic mass is 16.8. The highest BCUT2D eigenvalue weighted by Crippen LogP contribution is 2.35. The lowest BCUT2D eigenvalue weighted by Crippen LogP contribution is -2.62. The molecule has 0 saturated carbocycles. The summed E-state index contributed by atoms with van der Waals surface area (Å²) in [6.45, 7) is -2.89. The van der Waals surface area contributed by atoms with Crippen LogP contribution in [0.1, 0.15) is 0 Å². The topological polar surface area (TPSA) is 219 Å². The van der Waals surface area contributed by atoms with Gasteiger partial charge in [-0.3, -0.25) is 0 Å². The lowest BCUT2D eigenvalue weighted by molar-refractivity contribution is -0.384. The smallest absolute Gasteiger partial charge is 0.224 e. The zero-order valence-corrected chi connectivity index (χ0v) is 14.9. The minimum Gasteiger partial charge on any atom is -0.394 e. The van der Waals surface area contributed by atoms with E-state index in [4.69, 9.17) is 24.1 Å². The summed E-state index contributed by atoms with van der Waals surface area (Å²) in [4.78, 5) is 0. The fraction of sp³-hybridized carbons (Fsp3) is 1.00. The van der Waals surface area contributed by atoms with Gasteiger partial charge in [0, 0.05) is 0 Å². The van der Waals surface area contributed by atoms with Crippen LogP contribution in [0, 0.1) is 0 Å². The van der Waals surface area contributed by atoms with Gasteiger partial charge in [-0.1, -0.05) is 0 Å². The molecule has 10 atom stereocenters. The largest absolute Gasteiger partial charge is 0.394 e. The Kier molecular flexibility index (Phi) is 8.48. The van der Waals surface area contributed by atoms with Gasteiger partial charge < -0.3 is 64.9 Å². The van der Waals surface area contributed by atoms with Gasteiger partial charge in [-0.05, 0) is 0 Å². The molecule has 2 aliphatic heterocycles. The van der Waals surface area contributed by atoms with E-state index in [1.165, 1.54) is 0 Å². The molecule has 2 saturated heterocycles. The monoisotopic (exact) mass is 416 g/mol. The number of hydrogen-bond acceptors (Lipinski definition) is 13.